The number of ketones is 1. The highest BCUT2D eigenvalue weighted by Crippen LogP contribution is 2.26. The number of nitrogens with zero attached hydrogens (tertiary/aromatic N) is 2. The predicted octanol–water partition coefficient (Wildman–Crippen LogP) is 3.88. The van der Waals surface area contributed by atoms with Crippen LogP contribution >= 0.6 is 27.3 Å². The molecule has 0 saturated heterocycles. The Balaban J connectivity index is 2.01. The molecule has 1 N–H and O–H groups in total. The molecule has 2 aromatic heterocycles. The lowest BCUT2D eigenvalue weighted by atomic mass is 10.0. The summed E-state index contributed by atoms with van der Waals surface area (Å²) in [5.74, 6) is -0.765. The van der Waals surface area contributed by atoms with Crippen molar-refractivity contribution in [2.45, 2.75) is 5.92 Å². The highest BCUT2D eigenvalue weighted by Gasteiger charge is 2.25. The van der Waals surface area contributed by atoms with E-state index in [2.05, 4.69) is 25.9 Å². The van der Waals surface area contributed by atoms with Crippen molar-refractivity contribution >= 4 is 44.1 Å². The molecule has 0 spiro atoms. The van der Waals surface area contributed by atoms with Crippen LogP contribution in [-0.4, -0.2) is 15.8 Å². The van der Waals surface area contributed by atoms with Gasteiger partial charge in [-0.05, 0) is 34.1 Å². The Hall–Kier alpha value is -1.97. The minimum Gasteiger partial charge on any atom is -0.340 e. The number of nitrogens with one attached hydrogen (secondary N) is 1. The third-order valence-corrected chi connectivity index (χ3v) is 4.43. The summed E-state index contributed by atoms with van der Waals surface area (Å²) < 4.78 is 0.863. The number of aromatic amines is 1. The monoisotopic (exact) mass is 345 g/mol. The molecule has 0 amide bonds. The number of para-hydroxylation sites is 2. The first-order valence-corrected chi connectivity index (χ1v) is 7.49. The fourth-order valence-electron chi connectivity index (χ4n) is 1.96. The number of H-pyrrole nitrogens is 1. The number of hydrogen-bond acceptors (Lipinski definition) is 4. The van der Waals surface area contributed by atoms with Gasteiger partial charge in [0.15, 0.2) is 11.7 Å². The van der Waals surface area contributed by atoms with Gasteiger partial charge in [0, 0.05) is 10.9 Å². The fourth-order valence-corrected chi connectivity index (χ4v) is 3.10. The lowest BCUT2D eigenvalue weighted by Crippen LogP contribution is -2.11. The molecule has 0 saturated carbocycles. The van der Waals surface area contributed by atoms with Gasteiger partial charge in [-0.25, -0.2) is 4.98 Å². The van der Waals surface area contributed by atoms with Crippen LogP contribution in [0.3, 0.4) is 0 Å². The third-order valence-electron chi connectivity index (χ3n) is 2.92. The molecule has 0 radical (unpaired) electrons. The Labute approximate surface area is 127 Å². The molecular formula is C14H8BrN3OS. The number of carbonyl (C=O) groups is 1. The summed E-state index contributed by atoms with van der Waals surface area (Å²) in [6.45, 7) is 0. The second-order valence-electron chi connectivity index (χ2n) is 4.21. The van der Waals surface area contributed by atoms with Gasteiger partial charge in [0.05, 0.1) is 20.9 Å². The van der Waals surface area contributed by atoms with Crippen molar-refractivity contribution in [1.29, 1.82) is 5.26 Å². The molecule has 1 atom stereocenters. The summed E-state index contributed by atoms with van der Waals surface area (Å²) in [5.41, 5.74) is 2.10. The number of carbonyl (C=O) groups excluding carboxylic acids is 1. The molecule has 0 bridgehead atoms. The summed E-state index contributed by atoms with van der Waals surface area (Å²) in [6, 6.07) is 11.2. The van der Waals surface area contributed by atoms with Crippen molar-refractivity contribution in [3.63, 3.8) is 0 Å². The standard InChI is InChI=1S/C14H8BrN3OS/c15-12-5-8(7-20-12)13(19)9(6-16)14-17-10-3-1-2-4-11(10)18-14/h1-5,7,9H,(H,17,18). The molecule has 0 fully saturated rings. The zero-order valence-electron chi connectivity index (χ0n) is 10.1. The van der Waals surface area contributed by atoms with Gasteiger partial charge in [0.25, 0.3) is 0 Å². The lowest BCUT2D eigenvalue weighted by molar-refractivity contribution is 0.0977. The minimum atomic E-state index is -0.913. The van der Waals surface area contributed by atoms with Crippen LogP contribution in [0.25, 0.3) is 11.0 Å². The Morgan fingerprint density at radius 1 is 1.45 bits per heavy atom. The van der Waals surface area contributed by atoms with E-state index in [9.17, 15) is 10.1 Å². The first-order chi connectivity index (χ1) is 9.69. The van der Waals surface area contributed by atoms with Crippen molar-refractivity contribution in [3.05, 3.63) is 50.9 Å². The number of halogens is 1. The van der Waals surface area contributed by atoms with Crippen LogP contribution in [-0.2, 0) is 0 Å². The molecule has 0 aliphatic heterocycles. The van der Waals surface area contributed by atoms with E-state index in [4.69, 9.17) is 0 Å². The van der Waals surface area contributed by atoms with Crippen LogP contribution in [0.15, 0.2) is 39.5 Å². The van der Waals surface area contributed by atoms with Crippen LogP contribution in [0.5, 0.6) is 0 Å². The molecule has 3 aromatic rings. The largest absolute Gasteiger partial charge is 0.340 e. The summed E-state index contributed by atoms with van der Waals surface area (Å²) in [7, 11) is 0. The van der Waals surface area contributed by atoms with Crippen molar-refractivity contribution in [1.82, 2.24) is 9.97 Å². The molecule has 1 unspecified atom stereocenters. The second kappa shape index (κ2) is 5.19. The number of rotatable bonds is 3. The SMILES string of the molecule is N#CC(C(=O)c1csc(Br)c1)c1nc2ccccc2[nH]1. The number of imidazole rings is 1. The Kier molecular flexibility index (Phi) is 3.38. The minimum absolute atomic E-state index is 0.242. The maximum Gasteiger partial charge on any atom is 0.188 e. The number of aromatic nitrogens is 2. The summed E-state index contributed by atoms with van der Waals surface area (Å²) in [4.78, 5) is 19.7. The van der Waals surface area contributed by atoms with Gasteiger partial charge < -0.3 is 4.98 Å². The van der Waals surface area contributed by atoms with Crippen molar-refractivity contribution in [2.24, 2.45) is 0 Å². The van der Waals surface area contributed by atoms with E-state index in [0.29, 0.717) is 11.4 Å². The molecule has 20 heavy (non-hydrogen) atoms. The molecule has 6 heteroatoms. The molecule has 2 heterocycles. The smallest absolute Gasteiger partial charge is 0.188 e. The number of Topliss-reactive ketones (excluding diaryl/α,β-unsaturated/α-hetero) is 1. The van der Waals surface area contributed by atoms with Crippen molar-refractivity contribution in [3.8, 4) is 6.07 Å². The molecule has 0 aliphatic carbocycles. The number of nitriles is 1. The van der Waals surface area contributed by atoms with E-state index < -0.39 is 5.92 Å². The van der Waals surface area contributed by atoms with Crippen LogP contribution in [0.2, 0.25) is 0 Å². The van der Waals surface area contributed by atoms with E-state index in [0.717, 1.165) is 14.8 Å². The van der Waals surface area contributed by atoms with E-state index in [1.165, 1.54) is 11.3 Å². The first kappa shape index (κ1) is 13.0. The van der Waals surface area contributed by atoms with Crippen LogP contribution < -0.4 is 0 Å². The second-order valence-corrected chi connectivity index (χ2v) is 6.50. The molecule has 0 aliphatic rings. The van der Waals surface area contributed by atoms with Crippen LogP contribution in [0.4, 0.5) is 0 Å². The number of fused-ring (bicyclic) bond motifs is 1. The molecular weight excluding hydrogens is 338 g/mol. The molecule has 98 valence electrons. The maximum absolute atomic E-state index is 12.4. The zero-order chi connectivity index (χ0) is 14.1. The molecule has 1 aromatic carbocycles. The quantitative estimate of drug-likeness (QED) is 0.732. The van der Waals surface area contributed by atoms with Gasteiger partial charge in [-0.1, -0.05) is 12.1 Å². The Morgan fingerprint density at radius 3 is 2.90 bits per heavy atom. The Bertz CT molecular complexity index is 797. The van der Waals surface area contributed by atoms with E-state index >= 15 is 0 Å². The van der Waals surface area contributed by atoms with E-state index in [-0.39, 0.29) is 5.78 Å². The topological polar surface area (TPSA) is 69.5 Å². The van der Waals surface area contributed by atoms with Crippen molar-refractivity contribution in [2.75, 3.05) is 0 Å². The van der Waals surface area contributed by atoms with Crippen LogP contribution in [0.1, 0.15) is 22.1 Å². The van der Waals surface area contributed by atoms with E-state index in [1.807, 2.05) is 30.3 Å². The summed E-state index contributed by atoms with van der Waals surface area (Å²) in [6.07, 6.45) is 0. The first-order valence-electron chi connectivity index (χ1n) is 5.81. The molecule has 3 rings (SSSR count). The van der Waals surface area contributed by atoms with Crippen molar-refractivity contribution < 1.29 is 4.79 Å². The summed E-state index contributed by atoms with van der Waals surface area (Å²) >= 11 is 4.73. The highest BCUT2D eigenvalue weighted by molar-refractivity contribution is 9.11. The number of hydrogen-bond donors (Lipinski definition) is 1. The van der Waals surface area contributed by atoms with Crippen LogP contribution in [0, 0.1) is 11.3 Å². The van der Waals surface area contributed by atoms with Gasteiger partial charge in [-0.3, -0.25) is 4.79 Å². The molecule has 4 nitrogen and oxygen atoms in total. The average molecular weight is 346 g/mol. The van der Waals surface area contributed by atoms with Gasteiger partial charge in [-0.2, -0.15) is 5.26 Å². The number of benzene rings is 1. The fraction of sp³-hybridized carbons (Fsp3) is 0.0714. The maximum atomic E-state index is 12.4. The zero-order valence-corrected chi connectivity index (χ0v) is 12.5. The van der Waals surface area contributed by atoms with E-state index in [1.54, 1.807) is 11.4 Å². The third kappa shape index (κ3) is 2.26. The normalized spacial score (nSPS) is 12.2. The average Bonchev–Trinajstić information content (AvgIpc) is 3.05. The number of thiophene rings is 1. The lowest BCUT2D eigenvalue weighted by Gasteiger charge is -2.02. The summed E-state index contributed by atoms with van der Waals surface area (Å²) in [5, 5.41) is 11.0. The van der Waals surface area contributed by atoms with Gasteiger partial charge >= 0.3 is 0 Å². The van der Waals surface area contributed by atoms with Gasteiger partial charge in [0.2, 0.25) is 0 Å². The highest BCUT2D eigenvalue weighted by atomic mass is 79.9. The Morgan fingerprint density at radius 2 is 2.25 bits per heavy atom. The van der Waals surface area contributed by atoms with Gasteiger partial charge in [0.1, 0.15) is 5.82 Å². The predicted molar refractivity (Wildman–Crippen MR) is 80.8 cm³/mol. The van der Waals surface area contributed by atoms with Gasteiger partial charge in [-0.15, -0.1) is 11.3 Å².